The van der Waals surface area contributed by atoms with Crippen molar-refractivity contribution < 1.29 is 37.8 Å². The first-order valence-electron chi connectivity index (χ1n) is 4.77. The Balaban J connectivity index is 0.00000162. The SMILES string of the molecule is Cn1c(-c2ccc(O)cc2Br)[c-]cc(Br)c1=O.[Y]. The molecule has 0 saturated heterocycles. The molecule has 91 valence electrons. The van der Waals surface area contributed by atoms with E-state index in [1.54, 1.807) is 31.3 Å². The average molecular weight is 447 g/mol. The van der Waals surface area contributed by atoms with E-state index in [1.807, 2.05) is 0 Å². The number of halogens is 2. The number of benzene rings is 1. The molecule has 2 aromatic rings. The minimum absolute atomic E-state index is 0. The van der Waals surface area contributed by atoms with Crippen LogP contribution in [-0.2, 0) is 39.8 Å². The Kier molecular flexibility index (Phi) is 5.78. The van der Waals surface area contributed by atoms with E-state index < -0.39 is 0 Å². The zero-order chi connectivity index (χ0) is 12.6. The quantitative estimate of drug-likeness (QED) is 0.684. The van der Waals surface area contributed by atoms with Gasteiger partial charge in [-0.25, -0.2) is 0 Å². The smallest absolute Gasteiger partial charge is 0.208 e. The van der Waals surface area contributed by atoms with Gasteiger partial charge in [-0.1, -0.05) is 27.2 Å². The van der Waals surface area contributed by atoms with Crippen LogP contribution < -0.4 is 5.56 Å². The number of aromatic hydroxyl groups is 1. The van der Waals surface area contributed by atoms with Crippen molar-refractivity contribution in [3.63, 3.8) is 0 Å². The number of hydrogen-bond donors (Lipinski definition) is 1. The third-order valence-electron chi connectivity index (χ3n) is 2.39. The maximum atomic E-state index is 11.8. The van der Waals surface area contributed by atoms with E-state index in [-0.39, 0.29) is 44.0 Å². The Morgan fingerprint density at radius 2 is 1.94 bits per heavy atom. The zero-order valence-corrected chi connectivity index (χ0v) is 15.5. The van der Waals surface area contributed by atoms with Crippen molar-refractivity contribution in [2.24, 2.45) is 7.05 Å². The third kappa shape index (κ3) is 3.13. The van der Waals surface area contributed by atoms with Gasteiger partial charge in [0.1, 0.15) is 5.75 Å². The molecule has 0 atom stereocenters. The summed E-state index contributed by atoms with van der Waals surface area (Å²) in [5.74, 6) is 0.169. The van der Waals surface area contributed by atoms with Crippen LogP contribution in [0.5, 0.6) is 5.75 Å². The summed E-state index contributed by atoms with van der Waals surface area (Å²) in [5.41, 5.74) is 1.33. The average Bonchev–Trinajstić information content (AvgIpc) is 2.28. The molecule has 0 spiro atoms. The van der Waals surface area contributed by atoms with Crippen molar-refractivity contribution in [3.05, 3.63) is 49.6 Å². The van der Waals surface area contributed by atoms with E-state index in [0.29, 0.717) is 14.6 Å². The zero-order valence-electron chi connectivity index (χ0n) is 9.45. The van der Waals surface area contributed by atoms with Crippen LogP contribution in [0.3, 0.4) is 0 Å². The first-order valence-corrected chi connectivity index (χ1v) is 6.35. The number of aromatic nitrogens is 1. The topological polar surface area (TPSA) is 42.2 Å². The van der Waals surface area contributed by atoms with Gasteiger partial charge in [-0.15, -0.1) is 22.0 Å². The van der Waals surface area contributed by atoms with Crippen molar-refractivity contribution in [3.8, 4) is 17.0 Å². The number of phenols is 1. The summed E-state index contributed by atoms with van der Waals surface area (Å²) in [4.78, 5) is 11.8. The molecule has 6 heteroatoms. The van der Waals surface area contributed by atoms with E-state index in [1.165, 1.54) is 4.57 Å². The summed E-state index contributed by atoms with van der Waals surface area (Å²) >= 11 is 6.52. The molecule has 0 fully saturated rings. The minimum atomic E-state index is -0.126. The fourth-order valence-corrected chi connectivity index (χ4v) is 2.44. The van der Waals surface area contributed by atoms with E-state index in [9.17, 15) is 9.90 Å². The fraction of sp³-hybridized carbons (Fsp3) is 0.0833. The van der Waals surface area contributed by atoms with Gasteiger partial charge in [-0.2, -0.15) is 12.1 Å². The van der Waals surface area contributed by atoms with Gasteiger partial charge in [0.25, 0.3) is 0 Å². The Bertz CT molecular complexity index is 640. The minimum Gasteiger partial charge on any atom is -0.508 e. The number of hydrogen-bond acceptors (Lipinski definition) is 2. The van der Waals surface area contributed by atoms with Crippen LogP contribution in [0.2, 0.25) is 0 Å². The molecule has 1 aromatic heterocycles. The predicted molar refractivity (Wildman–Crippen MR) is 73.0 cm³/mol. The second-order valence-corrected chi connectivity index (χ2v) is 5.22. The third-order valence-corrected chi connectivity index (χ3v) is 3.61. The van der Waals surface area contributed by atoms with Crippen molar-refractivity contribution in [1.29, 1.82) is 0 Å². The molecule has 0 aliphatic carbocycles. The molecule has 0 bridgehead atoms. The Morgan fingerprint density at radius 1 is 1.28 bits per heavy atom. The van der Waals surface area contributed by atoms with Gasteiger partial charge in [0.15, 0.2) is 0 Å². The van der Waals surface area contributed by atoms with Crippen molar-refractivity contribution in [2.75, 3.05) is 0 Å². The standard InChI is InChI=1S/C12H8Br2NO2.Y/c1-15-11(5-4-9(13)12(15)17)8-3-2-7(16)6-10(8)14;/h2-4,6,16H,1H3;/q-1;. The molecular weight excluding hydrogens is 439 g/mol. The van der Waals surface area contributed by atoms with Crippen LogP contribution >= 0.6 is 31.9 Å². The fourth-order valence-electron chi connectivity index (χ4n) is 1.51. The van der Waals surface area contributed by atoms with Crippen LogP contribution in [0.1, 0.15) is 0 Å². The number of nitrogens with zero attached hydrogens (tertiary/aromatic N) is 1. The maximum Gasteiger partial charge on any atom is 0.208 e. The first kappa shape index (κ1) is 16.1. The van der Waals surface area contributed by atoms with Gasteiger partial charge in [-0.05, 0) is 21.1 Å². The largest absolute Gasteiger partial charge is 0.508 e. The van der Waals surface area contributed by atoms with E-state index in [0.717, 1.165) is 5.56 Å². The molecule has 0 unspecified atom stereocenters. The molecule has 0 amide bonds. The molecule has 1 N–H and O–H groups in total. The molecule has 0 saturated carbocycles. The molecule has 3 nitrogen and oxygen atoms in total. The van der Waals surface area contributed by atoms with Crippen LogP contribution in [0.15, 0.2) is 38.0 Å². The van der Waals surface area contributed by atoms with Crippen LogP contribution in [0, 0.1) is 6.07 Å². The molecule has 0 aliphatic heterocycles. The summed E-state index contributed by atoms with van der Waals surface area (Å²) < 4.78 is 2.69. The normalized spacial score (nSPS) is 9.94. The van der Waals surface area contributed by atoms with Crippen LogP contribution in [-0.4, -0.2) is 9.67 Å². The first-order chi connectivity index (χ1) is 8.00. The van der Waals surface area contributed by atoms with Crippen molar-refractivity contribution in [1.82, 2.24) is 4.57 Å². The molecule has 1 radical (unpaired) electrons. The van der Waals surface area contributed by atoms with Crippen LogP contribution in [0.4, 0.5) is 0 Å². The van der Waals surface area contributed by atoms with Gasteiger partial charge in [0.05, 0.1) is 0 Å². The number of phenolic OH excluding ortho intramolecular Hbond substituents is 1. The van der Waals surface area contributed by atoms with Gasteiger partial charge < -0.3 is 9.67 Å². The maximum absolute atomic E-state index is 11.8. The van der Waals surface area contributed by atoms with E-state index in [2.05, 4.69) is 37.9 Å². The van der Waals surface area contributed by atoms with Crippen molar-refractivity contribution >= 4 is 31.9 Å². The van der Waals surface area contributed by atoms with Crippen molar-refractivity contribution in [2.45, 2.75) is 0 Å². The molecule has 18 heavy (non-hydrogen) atoms. The number of rotatable bonds is 1. The molecular formula is C12H8Br2NO2Y-. The molecule has 2 rings (SSSR count). The van der Waals surface area contributed by atoms with E-state index in [4.69, 9.17) is 0 Å². The summed E-state index contributed by atoms with van der Waals surface area (Å²) in [6.45, 7) is 0. The second-order valence-electron chi connectivity index (χ2n) is 3.51. The van der Waals surface area contributed by atoms with Gasteiger partial charge >= 0.3 is 0 Å². The summed E-state index contributed by atoms with van der Waals surface area (Å²) in [7, 11) is 1.68. The number of pyridine rings is 1. The molecule has 1 heterocycles. The monoisotopic (exact) mass is 445 g/mol. The Morgan fingerprint density at radius 3 is 2.56 bits per heavy atom. The van der Waals surface area contributed by atoms with Gasteiger partial charge in [-0.3, -0.25) is 4.79 Å². The summed E-state index contributed by atoms with van der Waals surface area (Å²) in [6.07, 6.45) is 0. The van der Waals surface area contributed by atoms with Gasteiger partial charge in [0, 0.05) is 39.8 Å². The second kappa shape index (κ2) is 6.46. The Hall–Kier alpha value is 0.0339. The Labute approximate surface area is 146 Å². The molecule has 1 aromatic carbocycles. The summed E-state index contributed by atoms with van der Waals surface area (Å²) in [5, 5.41) is 9.34. The summed E-state index contributed by atoms with van der Waals surface area (Å²) in [6, 6.07) is 9.50. The van der Waals surface area contributed by atoms with Crippen LogP contribution in [0.25, 0.3) is 11.3 Å². The van der Waals surface area contributed by atoms with E-state index >= 15 is 0 Å². The van der Waals surface area contributed by atoms with Gasteiger partial charge in [0.2, 0.25) is 5.56 Å². The predicted octanol–water partition coefficient (Wildman–Crippen LogP) is 3.08. The molecule has 0 aliphatic rings.